The van der Waals surface area contributed by atoms with Gasteiger partial charge < -0.3 is 4.43 Å². The van der Waals surface area contributed by atoms with E-state index >= 15 is 0 Å². The number of halogens is 1. The van der Waals surface area contributed by atoms with E-state index in [1.807, 2.05) is 0 Å². The highest BCUT2D eigenvalue weighted by Gasteiger charge is 2.22. The third-order valence-corrected chi connectivity index (χ3v) is 6.10. The second kappa shape index (κ2) is 7.72. The molecule has 0 saturated carbocycles. The monoisotopic (exact) mass is 236 g/mol. The van der Waals surface area contributed by atoms with Crippen LogP contribution >= 0.6 is 11.6 Å². The predicted molar refractivity (Wildman–Crippen MR) is 67.5 cm³/mol. The molecule has 0 amide bonds. The lowest BCUT2D eigenvalue weighted by atomic mass is 10.0. The third-order valence-electron chi connectivity index (χ3n) is 2.57. The van der Waals surface area contributed by atoms with E-state index in [9.17, 15) is 0 Å². The standard InChI is InChI=1S/C11H25ClOSi/c1-5-7-8-11(6-2)9-13-14(3,4)10-12/h11H,5-10H2,1-4H3. The van der Waals surface area contributed by atoms with Gasteiger partial charge >= 0.3 is 0 Å². The molecule has 0 rings (SSSR count). The Morgan fingerprint density at radius 2 is 1.93 bits per heavy atom. The summed E-state index contributed by atoms with van der Waals surface area (Å²) in [5.41, 5.74) is 0.706. The van der Waals surface area contributed by atoms with Gasteiger partial charge in [-0.15, -0.1) is 11.6 Å². The van der Waals surface area contributed by atoms with Crippen LogP contribution < -0.4 is 0 Å². The van der Waals surface area contributed by atoms with Gasteiger partial charge in [0.1, 0.15) is 0 Å². The molecule has 0 aromatic heterocycles. The minimum atomic E-state index is -1.53. The molecule has 0 aromatic carbocycles. The van der Waals surface area contributed by atoms with Crippen LogP contribution in [-0.2, 0) is 4.43 Å². The molecule has 0 saturated heterocycles. The molecule has 0 aromatic rings. The lowest BCUT2D eigenvalue weighted by Crippen LogP contribution is -2.35. The first-order chi connectivity index (χ1) is 6.55. The van der Waals surface area contributed by atoms with E-state index in [2.05, 4.69) is 26.9 Å². The smallest absolute Gasteiger partial charge is 0.201 e. The minimum absolute atomic E-state index is 0.706. The summed E-state index contributed by atoms with van der Waals surface area (Å²) in [5, 5.41) is 0. The first-order valence-corrected chi connectivity index (χ1v) is 9.40. The van der Waals surface area contributed by atoms with Gasteiger partial charge in [-0.25, -0.2) is 0 Å². The highest BCUT2D eigenvalue weighted by atomic mass is 35.5. The van der Waals surface area contributed by atoms with Gasteiger partial charge in [-0.3, -0.25) is 0 Å². The SMILES string of the molecule is CCCCC(CC)CO[Si](C)(C)CCl. The van der Waals surface area contributed by atoms with Crippen molar-refractivity contribution in [1.82, 2.24) is 0 Å². The molecule has 0 N–H and O–H groups in total. The first kappa shape index (κ1) is 14.5. The average Bonchev–Trinajstić information content (AvgIpc) is 2.18. The quantitative estimate of drug-likeness (QED) is 0.453. The Labute approximate surface area is 95.3 Å². The minimum Gasteiger partial charge on any atom is -0.416 e. The van der Waals surface area contributed by atoms with Crippen molar-refractivity contribution in [1.29, 1.82) is 0 Å². The van der Waals surface area contributed by atoms with Crippen molar-refractivity contribution in [3.63, 3.8) is 0 Å². The van der Waals surface area contributed by atoms with E-state index in [1.54, 1.807) is 0 Å². The maximum absolute atomic E-state index is 5.94. The van der Waals surface area contributed by atoms with Crippen LogP contribution in [0.2, 0.25) is 13.1 Å². The molecule has 0 aliphatic heterocycles. The second-order valence-corrected chi connectivity index (χ2v) is 9.50. The number of hydrogen-bond acceptors (Lipinski definition) is 1. The summed E-state index contributed by atoms with van der Waals surface area (Å²) in [6.07, 6.45) is 5.14. The zero-order valence-electron chi connectivity index (χ0n) is 10.1. The van der Waals surface area contributed by atoms with E-state index in [4.69, 9.17) is 16.0 Å². The van der Waals surface area contributed by atoms with Crippen molar-refractivity contribution in [3.05, 3.63) is 0 Å². The van der Waals surface area contributed by atoms with Gasteiger partial charge in [0.15, 0.2) is 0 Å². The molecule has 0 aliphatic carbocycles. The molecular formula is C11H25ClOSi. The van der Waals surface area contributed by atoms with Gasteiger partial charge in [0.2, 0.25) is 8.32 Å². The first-order valence-electron chi connectivity index (χ1n) is 5.75. The average molecular weight is 237 g/mol. The number of hydrogen-bond donors (Lipinski definition) is 0. The van der Waals surface area contributed by atoms with Gasteiger partial charge in [0.25, 0.3) is 0 Å². The number of rotatable bonds is 8. The van der Waals surface area contributed by atoms with Gasteiger partial charge in [0.05, 0.1) is 0 Å². The molecule has 0 spiro atoms. The lowest BCUT2D eigenvalue weighted by Gasteiger charge is -2.23. The maximum Gasteiger partial charge on any atom is 0.201 e. The maximum atomic E-state index is 5.94. The van der Waals surface area contributed by atoms with Gasteiger partial charge in [-0.1, -0.05) is 33.1 Å². The predicted octanol–water partition coefficient (Wildman–Crippen LogP) is 4.20. The van der Waals surface area contributed by atoms with Crippen LogP contribution in [0.4, 0.5) is 0 Å². The second-order valence-electron chi connectivity index (χ2n) is 4.62. The van der Waals surface area contributed by atoms with Crippen molar-refractivity contribution in [3.8, 4) is 0 Å². The zero-order valence-corrected chi connectivity index (χ0v) is 11.9. The topological polar surface area (TPSA) is 9.23 Å². The summed E-state index contributed by atoms with van der Waals surface area (Å²) in [5.74, 6) is 0.741. The van der Waals surface area contributed by atoms with Crippen molar-refractivity contribution in [2.45, 2.75) is 52.6 Å². The van der Waals surface area contributed by atoms with Crippen LogP contribution in [0, 0.1) is 5.92 Å². The summed E-state index contributed by atoms with van der Waals surface area (Å²) in [4.78, 5) is 0. The molecule has 0 heterocycles. The van der Waals surface area contributed by atoms with E-state index in [-0.39, 0.29) is 0 Å². The lowest BCUT2D eigenvalue weighted by molar-refractivity contribution is 0.227. The van der Waals surface area contributed by atoms with Gasteiger partial charge in [-0.05, 0) is 25.4 Å². The Morgan fingerprint density at radius 3 is 2.36 bits per heavy atom. The molecule has 0 bridgehead atoms. The summed E-state index contributed by atoms with van der Waals surface area (Å²) < 4.78 is 5.94. The summed E-state index contributed by atoms with van der Waals surface area (Å²) in [7, 11) is -1.53. The number of unbranched alkanes of at least 4 members (excludes halogenated alkanes) is 1. The fraction of sp³-hybridized carbons (Fsp3) is 1.00. The molecular weight excluding hydrogens is 212 g/mol. The number of alkyl halides is 1. The van der Waals surface area contributed by atoms with E-state index in [1.165, 1.54) is 25.7 Å². The van der Waals surface area contributed by atoms with Crippen LogP contribution in [0.15, 0.2) is 0 Å². The molecule has 1 atom stereocenters. The molecule has 0 aliphatic rings. The fourth-order valence-electron chi connectivity index (χ4n) is 1.28. The van der Waals surface area contributed by atoms with Crippen LogP contribution in [0.5, 0.6) is 0 Å². The Bertz CT molecular complexity index is 139. The van der Waals surface area contributed by atoms with Crippen LogP contribution in [-0.4, -0.2) is 20.4 Å². The molecule has 14 heavy (non-hydrogen) atoms. The molecule has 0 fully saturated rings. The molecule has 3 heteroatoms. The normalized spacial score (nSPS) is 14.4. The van der Waals surface area contributed by atoms with Crippen LogP contribution in [0.3, 0.4) is 0 Å². The summed E-state index contributed by atoms with van der Waals surface area (Å²) in [6.45, 7) is 9.78. The Balaban J connectivity index is 3.71. The summed E-state index contributed by atoms with van der Waals surface area (Å²) in [6, 6.07) is 0. The van der Waals surface area contributed by atoms with E-state index < -0.39 is 8.32 Å². The highest BCUT2D eigenvalue weighted by Crippen LogP contribution is 2.16. The molecule has 0 radical (unpaired) electrons. The van der Waals surface area contributed by atoms with Crippen molar-refractivity contribution in [2.24, 2.45) is 5.92 Å². The van der Waals surface area contributed by atoms with E-state index in [0.29, 0.717) is 5.50 Å². The largest absolute Gasteiger partial charge is 0.416 e. The Kier molecular flexibility index (Phi) is 7.98. The third kappa shape index (κ3) is 6.85. The molecule has 1 unspecified atom stereocenters. The summed E-state index contributed by atoms with van der Waals surface area (Å²) >= 11 is 5.86. The molecule has 1 nitrogen and oxygen atoms in total. The van der Waals surface area contributed by atoms with Gasteiger partial charge in [-0.2, -0.15) is 0 Å². The highest BCUT2D eigenvalue weighted by molar-refractivity contribution is 6.77. The van der Waals surface area contributed by atoms with E-state index in [0.717, 1.165) is 12.5 Å². The van der Waals surface area contributed by atoms with Gasteiger partial charge in [0, 0.05) is 12.1 Å². The van der Waals surface area contributed by atoms with Crippen LogP contribution in [0.25, 0.3) is 0 Å². The zero-order chi connectivity index (χ0) is 11.0. The Hall–Kier alpha value is 0.467. The molecule has 86 valence electrons. The van der Waals surface area contributed by atoms with Crippen molar-refractivity contribution < 1.29 is 4.43 Å². The Morgan fingerprint density at radius 1 is 1.29 bits per heavy atom. The fourth-order valence-corrected chi connectivity index (χ4v) is 2.28. The van der Waals surface area contributed by atoms with Crippen molar-refractivity contribution >= 4 is 19.9 Å². The van der Waals surface area contributed by atoms with Crippen LogP contribution in [0.1, 0.15) is 39.5 Å². The van der Waals surface area contributed by atoms with Crippen molar-refractivity contribution in [2.75, 3.05) is 12.1 Å².